The number of rotatable bonds is 8. The van der Waals surface area contributed by atoms with Crippen LogP contribution in [0.4, 0.5) is 5.69 Å². The molecule has 4 amide bonds. The molecule has 0 unspecified atom stereocenters. The molecule has 8 nitrogen and oxygen atoms in total. The van der Waals surface area contributed by atoms with E-state index in [-0.39, 0.29) is 55.0 Å². The summed E-state index contributed by atoms with van der Waals surface area (Å²) in [6.45, 7) is 2.11. The first-order chi connectivity index (χ1) is 14.5. The highest BCUT2D eigenvalue weighted by molar-refractivity contribution is 6.05. The molecule has 0 bridgehead atoms. The van der Waals surface area contributed by atoms with Gasteiger partial charge < -0.3 is 15.0 Å². The lowest BCUT2D eigenvalue weighted by Gasteiger charge is -2.22. The number of anilines is 1. The van der Waals surface area contributed by atoms with E-state index in [1.807, 2.05) is 0 Å². The van der Waals surface area contributed by atoms with Gasteiger partial charge in [0.25, 0.3) is 0 Å². The molecule has 2 aliphatic rings. The van der Waals surface area contributed by atoms with E-state index < -0.39 is 0 Å². The number of carbonyl (C=O) groups is 4. The van der Waals surface area contributed by atoms with Crippen molar-refractivity contribution < 1.29 is 23.9 Å². The molecule has 1 aromatic rings. The van der Waals surface area contributed by atoms with Crippen molar-refractivity contribution in [2.45, 2.75) is 39.0 Å². The zero-order valence-electron chi connectivity index (χ0n) is 17.6. The largest absolute Gasteiger partial charge is 0.495 e. The summed E-state index contributed by atoms with van der Waals surface area (Å²) in [5.41, 5.74) is 0.532. The Bertz CT molecular complexity index is 801. The highest BCUT2D eigenvalue weighted by Gasteiger charge is 2.47. The smallest absolute Gasteiger partial charge is 0.244 e. The number of nitrogens with zero attached hydrogens (tertiary/aromatic N) is 2. The van der Waals surface area contributed by atoms with Crippen LogP contribution >= 0.6 is 0 Å². The maximum absolute atomic E-state index is 12.6. The van der Waals surface area contributed by atoms with Crippen LogP contribution < -0.4 is 10.1 Å². The Morgan fingerprint density at radius 1 is 1.13 bits per heavy atom. The summed E-state index contributed by atoms with van der Waals surface area (Å²) in [6.07, 6.45) is 3.47. The highest BCUT2D eigenvalue weighted by Crippen LogP contribution is 2.38. The van der Waals surface area contributed by atoms with Crippen LogP contribution in [-0.4, -0.2) is 60.2 Å². The van der Waals surface area contributed by atoms with E-state index in [0.29, 0.717) is 18.0 Å². The van der Waals surface area contributed by atoms with E-state index in [2.05, 4.69) is 5.32 Å². The lowest BCUT2D eigenvalue weighted by Crippen LogP contribution is -2.40. The Labute approximate surface area is 176 Å². The third kappa shape index (κ3) is 4.63. The summed E-state index contributed by atoms with van der Waals surface area (Å²) in [4.78, 5) is 52.8. The number of imide groups is 1. The summed E-state index contributed by atoms with van der Waals surface area (Å²) < 4.78 is 5.22. The van der Waals surface area contributed by atoms with Gasteiger partial charge >= 0.3 is 0 Å². The fourth-order valence-corrected chi connectivity index (χ4v) is 4.30. The van der Waals surface area contributed by atoms with Crippen molar-refractivity contribution in [3.05, 3.63) is 24.3 Å². The molecule has 1 aliphatic carbocycles. The minimum Gasteiger partial charge on any atom is -0.495 e. The van der Waals surface area contributed by atoms with Gasteiger partial charge in [-0.3, -0.25) is 24.1 Å². The van der Waals surface area contributed by atoms with Gasteiger partial charge in [-0.15, -0.1) is 0 Å². The first-order valence-corrected chi connectivity index (χ1v) is 10.5. The van der Waals surface area contributed by atoms with Crippen LogP contribution in [0, 0.1) is 11.8 Å². The number of carbonyl (C=O) groups excluding carboxylic acids is 4. The molecule has 2 fully saturated rings. The third-order valence-corrected chi connectivity index (χ3v) is 5.93. The normalized spacial score (nSPS) is 20.7. The second kappa shape index (κ2) is 9.73. The van der Waals surface area contributed by atoms with Crippen molar-refractivity contribution in [1.29, 1.82) is 0 Å². The standard InChI is InChI=1S/C22H29N3O5/c1-3-24(14-19(26)23-17-10-6-7-11-18(17)30-2)20(27)12-13-25-21(28)15-8-4-5-9-16(15)22(25)29/h6-7,10-11,15-16H,3-5,8-9,12-14H2,1-2H3,(H,23,26)/t15-,16+. The molecular formula is C22H29N3O5. The van der Waals surface area contributed by atoms with E-state index in [1.54, 1.807) is 31.2 Å². The Balaban J connectivity index is 1.54. The predicted molar refractivity (Wildman–Crippen MR) is 111 cm³/mol. The Kier molecular flexibility index (Phi) is 7.07. The number of benzene rings is 1. The molecule has 1 aromatic carbocycles. The molecule has 0 spiro atoms. The second-order valence-electron chi connectivity index (χ2n) is 7.73. The minimum atomic E-state index is -0.339. The first-order valence-electron chi connectivity index (χ1n) is 10.5. The van der Waals surface area contributed by atoms with Crippen LogP contribution in [-0.2, 0) is 19.2 Å². The van der Waals surface area contributed by atoms with Crippen molar-refractivity contribution in [2.24, 2.45) is 11.8 Å². The lowest BCUT2D eigenvalue weighted by atomic mass is 9.81. The maximum Gasteiger partial charge on any atom is 0.244 e. The van der Waals surface area contributed by atoms with Crippen LogP contribution in [0.15, 0.2) is 24.3 Å². The van der Waals surface area contributed by atoms with Crippen LogP contribution in [0.3, 0.4) is 0 Å². The molecule has 8 heteroatoms. The highest BCUT2D eigenvalue weighted by atomic mass is 16.5. The monoisotopic (exact) mass is 415 g/mol. The molecular weight excluding hydrogens is 386 g/mol. The van der Waals surface area contributed by atoms with E-state index in [1.165, 1.54) is 16.9 Å². The number of hydrogen-bond donors (Lipinski definition) is 1. The van der Waals surface area contributed by atoms with Gasteiger partial charge in [0.05, 0.1) is 31.2 Å². The molecule has 1 aliphatic heterocycles. The maximum atomic E-state index is 12.6. The fraction of sp³-hybridized carbons (Fsp3) is 0.545. The number of amides is 4. The molecule has 0 aromatic heterocycles. The zero-order valence-corrected chi connectivity index (χ0v) is 17.6. The average Bonchev–Trinajstić information content (AvgIpc) is 3.00. The van der Waals surface area contributed by atoms with Gasteiger partial charge in [0.1, 0.15) is 5.75 Å². The molecule has 162 valence electrons. The molecule has 0 radical (unpaired) electrons. The number of fused-ring (bicyclic) bond motifs is 1. The van der Waals surface area contributed by atoms with E-state index in [9.17, 15) is 19.2 Å². The third-order valence-electron chi connectivity index (χ3n) is 5.93. The van der Waals surface area contributed by atoms with Gasteiger partial charge in [0.15, 0.2) is 0 Å². The SMILES string of the molecule is CCN(CC(=O)Nc1ccccc1OC)C(=O)CCN1C(=O)[C@H]2CCCC[C@H]2C1=O. The topological polar surface area (TPSA) is 96.0 Å². The number of likely N-dealkylation sites (N-methyl/N-ethyl adjacent to an activating group) is 1. The van der Waals surface area contributed by atoms with Crippen LogP contribution in [0.2, 0.25) is 0 Å². The van der Waals surface area contributed by atoms with E-state index in [0.717, 1.165) is 25.7 Å². The number of para-hydroxylation sites is 2. The summed E-state index contributed by atoms with van der Waals surface area (Å²) in [7, 11) is 1.52. The van der Waals surface area contributed by atoms with Gasteiger partial charge in [0, 0.05) is 19.5 Å². The van der Waals surface area contributed by atoms with Gasteiger partial charge in [-0.05, 0) is 31.9 Å². The zero-order chi connectivity index (χ0) is 21.7. The number of nitrogens with one attached hydrogen (secondary N) is 1. The summed E-state index contributed by atoms with van der Waals surface area (Å²) >= 11 is 0. The van der Waals surface area contributed by atoms with Crippen molar-refractivity contribution in [2.75, 3.05) is 32.1 Å². The average molecular weight is 415 g/mol. The molecule has 3 rings (SSSR count). The van der Waals surface area contributed by atoms with Crippen LogP contribution in [0.25, 0.3) is 0 Å². The molecule has 2 atom stereocenters. The summed E-state index contributed by atoms with van der Waals surface area (Å²) in [6, 6.07) is 7.04. The molecule has 1 saturated carbocycles. The Morgan fingerprint density at radius 3 is 2.37 bits per heavy atom. The molecule has 30 heavy (non-hydrogen) atoms. The first kappa shape index (κ1) is 21.8. The van der Waals surface area contributed by atoms with Crippen molar-refractivity contribution >= 4 is 29.3 Å². The van der Waals surface area contributed by atoms with Gasteiger partial charge in [-0.2, -0.15) is 0 Å². The number of likely N-dealkylation sites (tertiary alicyclic amines) is 1. The predicted octanol–water partition coefficient (Wildman–Crippen LogP) is 2.05. The van der Waals surface area contributed by atoms with Crippen molar-refractivity contribution in [3.63, 3.8) is 0 Å². The van der Waals surface area contributed by atoms with Crippen molar-refractivity contribution in [3.8, 4) is 5.75 Å². The van der Waals surface area contributed by atoms with Gasteiger partial charge in [-0.25, -0.2) is 0 Å². The Hall–Kier alpha value is -2.90. The number of ether oxygens (including phenoxy) is 1. The molecule has 1 N–H and O–H groups in total. The van der Waals surface area contributed by atoms with Crippen LogP contribution in [0.1, 0.15) is 39.0 Å². The van der Waals surface area contributed by atoms with E-state index in [4.69, 9.17) is 4.74 Å². The van der Waals surface area contributed by atoms with Crippen molar-refractivity contribution in [1.82, 2.24) is 9.80 Å². The second-order valence-corrected chi connectivity index (χ2v) is 7.73. The van der Waals surface area contributed by atoms with Crippen LogP contribution in [0.5, 0.6) is 5.75 Å². The summed E-state index contributed by atoms with van der Waals surface area (Å²) in [5.74, 6) is -0.778. The van der Waals surface area contributed by atoms with Gasteiger partial charge in [0.2, 0.25) is 23.6 Å². The fourth-order valence-electron chi connectivity index (χ4n) is 4.30. The number of hydrogen-bond acceptors (Lipinski definition) is 5. The van der Waals surface area contributed by atoms with Gasteiger partial charge in [-0.1, -0.05) is 25.0 Å². The summed E-state index contributed by atoms with van der Waals surface area (Å²) in [5, 5.41) is 2.75. The Morgan fingerprint density at radius 2 is 1.77 bits per heavy atom. The quantitative estimate of drug-likeness (QED) is 0.656. The molecule has 1 heterocycles. The molecule has 1 saturated heterocycles. The number of methoxy groups -OCH3 is 1. The van der Waals surface area contributed by atoms with E-state index >= 15 is 0 Å². The lowest BCUT2D eigenvalue weighted by molar-refractivity contribution is -0.141. The minimum absolute atomic E-state index is 0.0205.